The highest BCUT2D eigenvalue weighted by atomic mass is 35.5. The molecule has 0 heterocycles. The molecule has 3 rings (SSSR count). The Morgan fingerprint density at radius 1 is 0.833 bits per heavy atom. The van der Waals surface area contributed by atoms with Gasteiger partial charge in [-0.25, -0.2) is 4.39 Å². The minimum Gasteiger partial charge on any atom is -0.492 e. The Kier molecular flexibility index (Phi) is 8.06. The predicted octanol–water partition coefficient (Wildman–Crippen LogP) is 6.35. The fourth-order valence-corrected chi connectivity index (χ4v) is 3.53. The molecule has 0 aliphatic rings. The number of allylic oxidation sites excluding steroid dienone is 1. The summed E-state index contributed by atoms with van der Waals surface area (Å²) in [6.07, 6.45) is 0.679. The Morgan fingerprint density at radius 2 is 1.43 bits per heavy atom. The lowest BCUT2D eigenvalue weighted by Crippen LogP contribution is -2.19. The van der Waals surface area contributed by atoms with Gasteiger partial charge in [0.15, 0.2) is 0 Å². The fourth-order valence-electron chi connectivity index (χ4n) is 3.34. The number of benzene rings is 3. The molecular formula is C26H27ClFNO. The van der Waals surface area contributed by atoms with E-state index < -0.39 is 0 Å². The number of likely N-dealkylation sites (N-methyl/N-ethyl adjacent to an activating group) is 1. The van der Waals surface area contributed by atoms with Crippen LogP contribution in [0.3, 0.4) is 0 Å². The van der Waals surface area contributed by atoms with Gasteiger partial charge in [-0.2, -0.15) is 0 Å². The maximum Gasteiger partial charge on any atom is 0.123 e. The van der Waals surface area contributed by atoms with Crippen LogP contribution in [0.25, 0.3) is 11.1 Å². The third-order valence-corrected chi connectivity index (χ3v) is 5.04. The molecule has 0 aromatic heterocycles. The van der Waals surface area contributed by atoms with Gasteiger partial charge in [-0.1, -0.05) is 54.6 Å². The minimum atomic E-state index is -0.246. The van der Waals surface area contributed by atoms with Crippen molar-refractivity contribution in [2.75, 3.05) is 33.1 Å². The molecule has 0 spiro atoms. The van der Waals surface area contributed by atoms with Crippen LogP contribution in [0, 0.1) is 5.82 Å². The van der Waals surface area contributed by atoms with Crippen molar-refractivity contribution >= 4 is 22.7 Å². The van der Waals surface area contributed by atoms with Crippen molar-refractivity contribution in [3.8, 4) is 5.75 Å². The van der Waals surface area contributed by atoms with Crippen molar-refractivity contribution in [2.45, 2.75) is 6.42 Å². The molecule has 0 fully saturated rings. The van der Waals surface area contributed by atoms with E-state index in [2.05, 4.69) is 29.2 Å². The van der Waals surface area contributed by atoms with E-state index in [1.165, 1.54) is 12.1 Å². The average molecular weight is 424 g/mol. The highest BCUT2D eigenvalue weighted by Crippen LogP contribution is 2.35. The lowest BCUT2D eigenvalue weighted by molar-refractivity contribution is 0.261. The largest absolute Gasteiger partial charge is 0.492 e. The molecule has 3 aromatic rings. The first-order chi connectivity index (χ1) is 14.6. The summed E-state index contributed by atoms with van der Waals surface area (Å²) in [6, 6.07) is 25.0. The summed E-state index contributed by atoms with van der Waals surface area (Å²) in [4.78, 5) is 2.09. The first-order valence-electron chi connectivity index (χ1n) is 10.1. The van der Waals surface area contributed by atoms with Crippen LogP contribution < -0.4 is 4.74 Å². The van der Waals surface area contributed by atoms with Gasteiger partial charge < -0.3 is 9.64 Å². The van der Waals surface area contributed by atoms with Crippen LogP contribution in [-0.4, -0.2) is 38.0 Å². The third kappa shape index (κ3) is 5.94. The van der Waals surface area contributed by atoms with E-state index in [9.17, 15) is 4.39 Å². The number of hydrogen-bond donors (Lipinski definition) is 0. The van der Waals surface area contributed by atoms with Gasteiger partial charge in [-0.15, -0.1) is 11.6 Å². The van der Waals surface area contributed by atoms with Crippen molar-refractivity contribution in [3.05, 3.63) is 101 Å². The van der Waals surface area contributed by atoms with E-state index in [-0.39, 0.29) is 5.82 Å². The second-order valence-electron chi connectivity index (χ2n) is 7.34. The van der Waals surface area contributed by atoms with Crippen molar-refractivity contribution in [3.63, 3.8) is 0 Å². The zero-order valence-electron chi connectivity index (χ0n) is 17.4. The molecule has 3 aromatic carbocycles. The summed E-state index contributed by atoms with van der Waals surface area (Å²) >= 11 is 6.17. The standard InChI is InChI=1S/C26H27ClFNO/c1-29(2)18-19-30-24-14-10-22(11-15-24)26(21-6-4-3-5-7-21)25(16-17-27)20-8-12-23(28)13-9-20/h3-15H,16-19H2,1-2H3. The van der Waals surface area contributed by atoms with Gasteiger partial charge >= 0.3 is 0 Å². The second kappa shape index (κ2) is 11.0. The minimum absolute atomic E-state index is 0.246. The first kappa shape index (κ1) is 22.1. The highest BCUT2D eigenvalue weighted by Gasteiger charge is 2.14. The molecule has 0 N–H and O–H groups in total. The van der Waals surface area contributed by atoms with Crippen LogP contribution in [-0.2, 0) is 0 Å². The van der Waals surface area contributed by atoms with Crippen molar-refractivity contribution < 1.29 is 9.13 Å². The van der Waals surface area contributed by atoms with Crippen molar-refractivity contribution in [1.29, 1.82) is 0 Å². The first-order valence-corrected chi connectivity index (χ1v) is 10.6. The highest BCUT2D eigenvalue weighted by molar-refractivity contribution is 6.18. The molecule has 0 unspecified atom stereocenters. The Hall–Kier alpha value is -2.62. The van der Waals surface area contributed by atoms with Gasteiger partial charge in [-0.3, -0.25) is 0 Å². The molecule has 2 nitrogen and oxygen atoms in total. The topological polar surface area (TPSA) is 12.5 Å². The molecule has 0 saturated carbocycles. The monoisotopic (exact) mass is 423 g/mol. The molecule has 4 heteroatoms. The SMILES string of the molecule is CN(C)CCOc1ccc(C(=C(CCCl)c2ccc(F)cc2)c2ccccc2)cc1. The number of alkyl halides is 1. The second-order valence-corrected chi connectivity index (χ2v) is 7.72. The Bertz CT molecular complexity index is 951. The third-order valence-electron chi connectivity index (χ3n) is 4.85. The Balaban J connectivity index is 2.04. The zero-order valence-corrected chi connectivity index (χ0v) is 18.2. The van der Waals surface area contributed by atoms with Crippen LogP contribution in [0.15, 0.2) is 78.9 Å². The maximum atomic E-state index is 13.5. The molecule has 0 aliphatic heterocycles. The Morgan fingerprint density at radius 3 is 2.03 bits per heavy atom. The lowest BCUT2D eigenvalue weighted by Gasteiger charge is -2.17. The van der Waals surface area contributed by atoms with Gasteiger partial charge in [0.2, 0.25) is 0 Å². The number of hydrogen-bond acceptors (Lipinski definition) is 2. The van der Waals surface area contributed by atoms with Crippen molar-refractivity contribution in [1.82, 2.24) is 4.90 Å². The molecule has 0 amide bonds. The lowest BCUT2D eigenvalue weighted by atomic mass is 9.88. The average Bonchev–Trinajstić information content (AvgIpc) is 2.76. The molecule has 156 valence electrons. The summed E-state index contributed by atoms with van der Waals surface area (Å²) in [5.41, 5.74) is 5.34. The van der Waals surface area contributed by atoms with Gasteiger partial charge in [0.1, 0.15) is 18.2 Å². The number of nitrogens with zero attached hydrogens (tertiary/aromatic N) is 1. The summed E-state index contributed by atoms with van der Waals surface area (Å²) in [5, 5.41) is 0. The number of rotatable bonds is 9. The summed E-state index contributed by atoms with van der Waals surface area (Å²) in [5.74, 6) is 1.08. The van der Waals surface area contributed by atoms with E-state index >= 15 is 0 Å². The van der Waals surface area contributed by atoms with Crippen LogP contribution in [0.1, 0.15) is 23.1 Å². The fraction of sp³-hybridized carbons (Fsp3) is 0.231. The predicted molar refractivity (Wildman–Crippen MR) is 125 cm³/mol. The molecule has 0 saturated heterocycles. The molecule has 0 atom stereocenters. The van der Waals surface area contributed by atoms with E-state index in [1.807, 2.05) is 56.6 Å². The van der Waals surface area contributed by atoms with Crippen LogP contribution in [0.4, 0.5) is 4.39 Å². The molecule has 0 radical (unpaired) electrons. The van der Waals surface area contributed by atoms with Crippen LogP contribution in [0.2, 0.25) is 0 Å². The molecular weight excluding hydrogens is 397 g/mol. The van der Waals surface area contributed by atoms with Crippen LogP contribution >= 0.6 is 11.6 Å². The van der Waals surface area contributed by atoms with Crippen molar-refractivity contribution in [2.24, 2.45) is 0 Å². The van der Waals surface area contributed by atoms with E-state index in [4.69, 9.17) is 16.3 Å². The van der Waals surface area contributed by atoms with E-state index in [0.717, 1.165) is 40.1 Å². The van der Waals surface area contributed by atoms with Gasteiger partial charge in [0.05, 0.1) is 0 Å². The summed E-state index contributed by atoms with van der Waals surface area (Å²) in [6.45, 7) is 1.50. The normalized spacial score (nSPS) is 12.0. The smallest absolute Gasteiger partial charge is 0.123 e. The molecule has 0 aliphatic carbocycles. The number of ether oxygens (including phenoxy) is 1. The van der Waals surface area contributed by atoms with Gasteiger partial charge in [0.25, 0.3) is 0 Å². The van der Waals surface area contributed by atoms with Crippen LogP contribution in [0.5, 0.6) is 5.75 Å². The summed E-state index contributed by atoms with van der Waals surface area (Å²) < 4.78 is 19.4. The zero-order chi connectivity index (χ0) is 21.3. The van der Waals surface area contributed by atoms with Gasteiger partial charge in [0, 0.05) is 12.4 Å². The number of halogens is 2. The summed E-state index contributed by atoms with van der Waals surface area (Å²) in [7, 11) is 4.05. The molecule has 0 bridgehead atoms. The molecule has 30 heavy (non-hydrogen) atoms. The Labute approximate surface area is 183 Å². The van der Waals surface area contributed by atoms with E-state index in [0.29, 0.717) is 18.9 Å². The van der Waals surface area contributed by atoms with Gasteiger partial charge in [-0.05, 0) is 72.6 Å². The van der Waals surface area contributed by atoms with E-state index in [1.54, 1.807) is 0 Å². The maximum absolute atomic E-state index is 13.5. The quantitative estimate of drug-likeness (QED) is 0.293.